The molecule has 0 aromatic heterocycles. The van der Waals surface area contributed by atoms with Crippen molar-refractivity contribution in [2.24, 2.45) is 0 Å². The van der Waals surface area contributed by atoms with Crippen LogP contribution in [0.2, 0.25) is 0 Å². The summed E-state index contributed by atoms with van der Waals surface area (Å²) < 4.78 is 6.84. The van der Waals surface area contributed by atoms with Crippen LogP contribution >= 0.6 is 15.9 Å². The number of hydrogen-bond donors (Lipinski definition) is 1. The van der Waals surface area contributed by atoms with Gasteiger partial charge >= 0.3 is 0 Å². The van der Waals surface area contributed by atoms with Crippen LogP contribution in [-0.2, 0) is 22.6 Å². The fraction of sp³-hybridized carbons (Fsp3) is 0.310. The van der Waals surface area contributed by atoms with Gasteiger partial charge in [-0.2, -0.15) is 0 Å². The Morgan fingerprint density at radius 1 is 0.943 bits per heavy atom. The van der Waals surface area contributed by atoms with Crippen molar-refractivity contribution in [3.05, 3.63) is 100 Å². The first-order chi connectivity index (χ1) is 16.9. The minimum absolute atomic E-state index is 0.00799. The quantitative estimate of drug-likeness (QED) is 0.342. The number of carbonyl (C=O) groups is 2. The van der Waals surface area contributed by atoms with E-state index < -0.39 is 6.04 Å². The van der Waals surface area contributed by atoms with Gasteiger partial charge in [-0.15, -0.1) is 0 Å². The average molecular weight is 537 g/mol. The zero-order valence-corrected chi connectivity index (χ0v) is 22.1. The average Bonchev–Trinajstić information content (AvgIpc) is 2.87. The Kier molecular flexibility index (Phi) is 9.91. The van der Waals surface area contributed by atoms with Crippen LogP contribution in [0, 0.1) is 6.92 Å². The molecule has 1 N–H and O–H groups in total. The molecule has 5 nitrogen and oxygen atoms in total. The molecule has 3 aromatic carbocycles. The molecule has 2 amide bonds. The van der Waals surface area contributed by atoms with Gasteiger partial charge in [0, 0.05) is 23.5 Å². The van der Waals surface area contributed by atoms with Crippen molar-refractivity contribution in [3.8, 4) is 5.75 Å². The Balaban J connectivity index is 1.91. The van der Waals surface area contributed by atoms with E-state index in [0.717, 1.165) is 27.6 Å². The van der Waals surface area contributed by atoms with E-state index in [2.05, 4.69) is 21.2 Å². The second kappa shape index (κ2) is 13.1. The molecule has 0 unspecified atom stereocenters. The molecule has 3 aromatic rings. The maximum absolute atomic E-state index is 13.6. The number of ether oxygens (including phenoxy) is 1. The molecular formula is C29H33BrN2O3. The smallest absolute Gasteiger partial charge is 0.261 e. The Labute approximate surface area is 216 Å². The molecule has 6 heteroatoms. The van der Waals surface area contributed by atoms with Crippen LogP contribution < -0.4 is 10.1 Å². The normalized spacial score (nSPS) is 12.5. The highest BCUT2D eigenvalue weighted by Gasteiger charge is 2.31. The van der Waals surface area contributed by atoms with Crippen molar-refractivity contribution in [1.82, 2.24) is 10.2 Å². The molecule has 0 aliphatic heterocycles. The van der Waals surface area contributed by atoms with E-state index in [-0.39, 0.29) is 24.5 Å². The van der Waals surface area contributed by atoms with E-state index in [1.54, 1.807) is 4.90 Å². The molecule has 184 valence electrons. The van der Waals surface area contributed by atoms with Crippen LogP contribution in [0.1, 0.15) is 37.0 Å². The Morgan fingerprint density at radius 3 is 2.26 bits per heavy atom. The fourth-order valence-electron chi connectivity index (χ4n) is 3.72. The van der Waals surface area contributed by atoms with Gasteiger partial charge in [0.2, 0.25) is 5.91 Å². The van der Waals surface area contributed by atoms with Gasteiger partial charge in [-0.05, 0) is 55.2 Å². The predicted molar refractivity (Wildman–Crippen MR) is 143 cm³/mol. The van der Waals surface area contributed by atoms with Crippen molar-refractivity contribution in [2.45, 2.75) is 52.2 Å². The molecule has 0 fully saturated rings. The topological polar surface area (TPSA) is 58.6 Å². The maximum Gasteiger partial charge on any atom is 0.261 e. The third-order valence-corrected chi connectivity index (χ3v) is 6.51. The third kappa shape index (κ3) is 7.96. The van der Waals surface area contributed by atoms with Crippen LogP contribution in [0.4, 0.5) is 0 Å². The second-order valence-corrected chi connectivity index (χ2v) is 9.64. The van der Waals surface area contributed by atoms with E-state index in [9.17, 15) is 9.59 Å². The Hall–Kier alpha value is -3.12. The highest BCUT2D eigenvalue weighted by atomic mass is 79.9. The number of benzene rings is 3. The molecule has 0 aliphatic carbocycles. The van der Waals surface area contributed by atoms with Crippen molar-refractivity contribution < 1.29 is 14.3 Å². The van der Waals surface area contributed by atoms with Crippen LogP contribution in [0.25, 0.3) is 0 Å². The summed E-state index contributed by atoms with van der Waals surface area (Å²) in [7, 11) is 0. The Morgan fingerprint density at radius 2 is 1.60 bits per heavy atom. The number of nitrogens with one attached hydrogen (secondary N) is 1. The summed E-state index contributed by atoms with van der Waals surface area (Å²) in [5, 5.41) is 3.08. The number of halogens is 1. The monoisotopic (exact) mass is 536 g/mol. The molecule has 0 radical (unpaired) electrons. The number of para-hydroxylation sites is 1. The molecule has 0 saturated carbocycles. The van der Waals surface area contributed by atoms with Crippen LogP contribution in [0.3, 0.4) is 0 Å². The largest absolute Gasteiger partial charge is 0.484 e. The van der Waals surface area contributed by atoms with Gasteiger partial charge in [-0.1, -0.05) is 83.5 Å². The number of hydrogen-bond acceptors (Lipinski definition) is 3. The van der Waals surface area contributed by atoms with Gasteiger partial charge in [0.15, 0.2) is 6.61 Å². The highest BCUT2D eigenvalue weighted by molar-refractivity contribution is 9.10. The van der Waals surface area contributed by atoms with Crippen LogP contribution in [0.15, 0.2) is 83.3 Å². The van der Waals surface area contributed by atoms with E-state index in [1.165, 1.54) is 0 Å². The number of rotatable bonds is 11. The van der Waals surface area contributed by atoms with Crippen molar-refractivity contribution >= 4 is 27.7 Å². The fourth-order valence-corrected chi connectivity index (χ4v) is 3.99. The first-order valence-electron chi connectivity index (χ1n) is 11.9. The van der Waals surface area contributed by atoms with Crippen molar-refractivity contribution in [2.75, 3.05) is 6.61 Å². The lowest BCUT2D eigenvalue weighted by Crippen LogP contribution is -2.53. The second-order valence-electron chi connectivity index (χ2n) is 8.73. The summed E-state index contributed by atoms with van der Waals surface area (Å²) in [5.41, 5.74) is 2.88. The molecule has 0 heterocycles. The summed E-state index contributed by atoms with van der Waals surface area (Å²) in [4.78, 5) is 28.7. The standard InChI is InChI=1S/C29H33BrN2O3/c1-4-22(3)31-29(34)26(18-23-11-6-5-7-12-23)32(19-24-14-16-25(30)17-15-24)28(33)20-35-27-13-9-8-10-21(27)2/h5-17,22,26H,4,18-20H2,1-3H3,(H,31,34)/t22-,26+/m1/s1. The van der Waals surface area contributed by atoms with Gasteiger partial charge in [-0.3, -0.25) is 9.59 Å². The first-order valence-corrected chi connectivity index (χ1v) is 12.7. The van der Waals surface area contributed by atoms with Gasteiger partial charge in [-0.25, -0.2) is 0 Å². The van der Waals surface area contributed by atoms with Gasteiger partial charge in [0.25, 0.3) is 5.91 Å². The molecule has 0 aliphatic rings. The summed E-state index contributed by atoms with van der Waals surface area (Å²) in [5.74, 6) is 0.258. The molecule has 35 heavy (non-hydrogen) atoms. The number of carbonyl (C=O) groups excluding carboxylic acids is 2. The SMILES string of the molecule is CC[C@@H](C)NC(=O)[C@H](Cc1ccccc1)N(Cc1ccc(Br)cc1)C(=O)COc1ccccc1C. The maximum atomic E-state index is 13.6. The van der Waals surface area contributed by atoms with Gasteiger partial charge in [0.05, 0.1) is 0 Å². The summed E-state index contributed by atoms with van der Waals surface area (Å²) in [6, 6.07) is 24.5. The number of amides is 2. The summed E-state index contributed by atoms with van der Waals surface area (Å²) in [6.45, 7) is 6.09. The van der Waals surface area contributed by atoms with E-state index in [1.807, 2.05) is 99.6 Å². The molecular weight excluding hydrogens is 504 g/mol. The summed E-state index contributed by atoms with van der Waals surface area (Å²) >= 11 is 3.46. The third-order valence-electron chi connectivity index (χ3n) is 5.98. The van der Waals surface area contributed by atoms with Crippen LogP contribution in [0.5, 0.6) is 5.75 Å². The number of aryl methyl sites for hydroxylation is 1. The molecule has 0 bridgehead atoms. The lowest BCUT2D eigenvalue weighted by Gasteiger charge is -2.32. The van der Waals surface area contributed by atoms with E-state index in [4.69, 9.17) is 4.74 Å². The van der Waals surface area contributed by atoms with Crippen molar-refractivity contribution in [1.29, 1.82) is 0 Å². The van der Waals surface area contributed by atoms with E-state index >= 15 is 0 Å². The molecule has 2 atom stereocenters. The minimum atomic E-state index is -0.678. The molecule has 3 rings (SSSR count). The summed E-state index contributed by atoms with van der Waals surface area (Å²) in [6.07, 6.45) is 1.22. The predicted octanol–water partition coefficient (Wildman–Crippen LogP) is 5.69. The van der Waals surface area contributed by atoms with Gasteiger partial charge < -0.3 is 15.0 Å². The zero-order chi connectivity index (χ0) is 25.2. The minimum Gasteiger partial charge on any atom is -0.484 e. The van der Waals surface area contributed by atoms with Crippen LogP contribution in [-0.4, -0.2) is 35.4 Å². The number of nitrogens with zero attached hydrogens (tertiary/aromatic N) is 1. The van der Waals surface area contributed by atoms with Crippen molar-refractivity contribution in [3.63, 3.8) is 0 Å². The first kappa shape index (κ1) is 26.5. The van der Waals surface area contributed by atoms with Gasteiger partial charge in [0.1, 0.15) is 11.8 Å². The Bertz CT molecular complexity index is 1100. The molecule has 0 spiro atoms. The lowest BCUT2D eigenvalue weighted by molar-refractivity contribution is -0.143. The lowest BCUT2D eigenvalue weighted by atomic mass is 10.0. The highest BCUT2D eigenvalue weighted by Crippen LogP contribution is 2.19. The zero-order valence-electron chi connectivity index (χ0n) is 20.5. The molecule has 0 saturated heterocycles. The van der Waals surface area contributed by atoms with E-state index in [0.29, 0.717) is 18.7 Å².